The normalized spacial score (nSPS) is 37.1. The molecule has 0 spiro atoms. The molecule has 0 aromatic heterocycles. The summed E-state index contributed by atoms with van der Waals surface area (Å²) in [4.78, 5) is 37.4. The van der Waals surface area contributed by atoms with Gasteiger partial charge in [-0.3, -0.25) is 14.1 Å². The van der Waals surface area contributed by atoms with Crippen molar-refractivity contribution in [1.82, 2.24) is 0 Å². The summed E-state index contributed by atoms with van der Waals surface area (Å²) in [5.41, 5.74) is -2.36. The third-order valence-corrected chi connectivity index (χ3v) is 10.7. The van der Waals surface area contributed by atoms with E-state index in [0.717, 1.165) is 24.1 Å². The van der Waals surface area contributed by atoms with Crippen molar-refractivity contribution in [3.63, 3.8) is 0 Å². The van der Waals surface area contributed by atoms with Crippen molar-refractivity contribution >= 4 is 27.7 Å². The molecule has 9 nitrogen and oxygen atoms in total. The van der Waals surface area contributed by atoms with Crippen LogP contribution in [-0.2, 0) is 24.4 Å². The zero-order valence-corrected chi connectivity index (χ0v) is 25.1. The molecule has 1 aromatic rings. The smallest absolute Gasteiger partial charge is 1.00 e. The van der Waals surface area contributed by atoms with Gasteiger partial charge in [-0.05, 0) is 74.3 Å². The number of carbonyl (C=O) groups is 3. The van der Waals surface area contributed by atoms with Crippen LogP contribution in [0, 0.1) is 28.6 Å². The Kier molecular flexibility index (Phi) is 8.01. The number of aliphatic hydroxyl groups excluding tert-OH is 1. The Morgan fingerprint density at radius 3 is 2.62 bits per heavy atom. The molecule has 0 radical (unpaired) electrons. The number of carbonyl (C=O) groups excluding carboxylic acids is 3. The van der Waals surface area contributed by atoms with Gasteiger partial charge in [0.05, 0.1) is 16.6 Å². The van der Waals surface area contributed by atoms with E-state index in [2.05, 4.69) is 0 Å². The second-order valence-electron chi connectivity index (χ2n) is 11.6. The van der Waals surface area contributed by atoms with E-state index in [9.17, 15) is 37.6 Å². The number of allylic oxidation sites excluding steroid dienone is 4. The Balaban J connectivity index is 0.00000220. The number of Topliss-reactive ketones (excluding diaryl/α,β-unsaturated/α-hetero) is 1. The van der Waals surface area contributed by atoms with E-state index in [0.29, 0.717) is 12.8 Å². The van der Waals surface area contributed by atoms with E-state index >= 15 is 0 Å². The molecule has 7 atom stereocenters. The van der Waals surface area contributed by atoms with Crippen LogP contribution in [0.3, 0.4) is 0 Å². The summed E-state index contributed by atoms with van der Waals surface area (Å²) in [5, 5.41) is 23.2. The first kappa shape index (κ1) is 30.3. The largest absolute Gasteiger partial charge is 1.00 e. The molecule has 0 heterocycles. The summed E-state index contributed by atoms with van der Waals surface area (Å²) in [6.45, 7) is 3.16. The van der Waals surface area contributed by atoms with Crippen LogP contribution >= 0.6 is 0 Å². The molecule has 206 valence electrons. The molecule has 0 unspecified atom stereocenters. The monoisotopic (exact) mass is 568 g/mol. The minimum Gasteiger partial charge on any atom is -1.00 e. The molecule has 3 saturated carbocycles. The van der Waals surface area contributed by atoms with E-state index in [1.54, 1.807) is 12.2 Å². The molecule has 1 aromatic carbocycles. The maximum atomic E-state index is 13.4. The van der Waals surface area contributed by atoms with Gasteiger partial charge in [0.25, 0.3) is 10.1 Å². The quantitative estimate of drug-likeness (QED) is 0.249. The summed E-state index contributed by atoms with van der Waals surface area (Å²) >= 11 is 0. The molecule has 11 heteroatoms. The van der Waals surface area contributed by atoms with Gasteiger partial charge in [0, 0.05) is 16.7 Å². The number of benzene rings is 1. The van der Waals surface area contributed by atoms with Crippen molar-refractivity contribution in [3.8, 4) is 0 Å². The van der Waals surface area contributed by atoms with Crippen molar-refractivity contribution in [2.45, 2.75) is 62.6 Å². The minimum atomic E-state index is -4.53. The van der Waals surface area contributed by atoms with E-state index in [1.807, 2.05) is 19.9 Å². The first-order valence-electron chi connectivity index (χ1n) is 12.8. The topological polar surface area (TPSA) is 155 Å². The SMILES string of the molecule is C[C@]12C=CC(=O)C=C1CC[C@@H]1[C@@H]2[C@@H](O)C[C@@]2(C)[C@H]1CC[C@]2(O)C(=O)COC(=O)c1cccc(S(=O)(=O)O)c1.[H-].[Na+]. The second-order valence-corrected chi connectivity index (χ2v) is 13.0. The molecule has 4 aliphatic rings. The van der Waals surface area contributed by atoms with Crippen molar-refractivity contribution < 1.29 is 73.3 Å². The average molecular weight is 569 g/mol. The molecular weight excluding hydrogens is 535 g/mol. The van der Waals surface area contributed by atoms with Crippen molar-refractivity contribution in [1.29, 1.82) is 0 Å². The fourth-order valence-corrected chi connectivity index (χ4v) is 8.43. The Labute approximate surface area is 251 Å². The van der Waals surface area contributed by atoms with Crippen LogP contribution in [0.2, 0.25) is 0 Å². The molecule has 0 bridgehead atoms. The third-order valence-electron chi connectivity index (χ3n) is 9.81. The minimum absolute atomic E-state index is 0. The van der Waals surface area contributed by atoms with Crippen LogP contribution in [-0.4, -0.2) is 59.0 Å². The molecular formula is C28H33NaO9S. The van der Waals surface area contributed by atoms with Crippen LogP contribution < -0.4 is 29.6 Å². The predicted octanol–water partition coefficient (Wildman–Crippen LogP) is -0.214. The van der Waals surface area contributed by atoms with Gasteiger partial charge in [-0.2, -0.15) is 8.42 Å². The van der Waals surface area contributed by atoms with E-state index < -0.39 is 55.9 Å². The Morgan fingerprint density at radius 1 is 1.21 bits per heavy atom. The fraction of sp³-hybridized carbons (Fsp3) is 0.536. The van der Waals surface area contributed by atoms with Gasteiger partial charge in [-0.15, -0.1) is 0 Å². The first-order valence-corrected chi connectivity index (χ1v) is 14.3. The van der Waals surface area contributed by atoms with Crippen LogP contribution in [0.1, 0.15) is 57.7 Å². The summed E-state index contributed by atoms with van der Waals surface area (Å²) in [7, 11) is -4.53. The second kappa shape index (κ2) is 10.3. The van der Waals surface area contributed by atoms with Gasteiger partial charge in [0.15, 0.2) is 12.4 Å². The third kappa shape index (κ3) is 4.81. The van der Waals surface area contributed by atoms with Crippen LogP contribution in [0.4, 0.5) is 0 Å². The zero-order valence-electron chi connectivity index (χ0n) is 23.3. The van der Waals surface area contributed by atoms with Gasteiger partial charge in [0.2, 0.25) is 5.78 Å². The molecule has 4 aliphatic carbocycles. The van der Waals surface area contributed by atoms with Gasteiger partial charge >= 0.3 is 35.5 Å². The average Bonchev–Trinajstić information content (AvgIpc) is 3.13. The number of esters is 1. The maximum Gasteiger partial charge on any atom is 1.00 e. The number of ether oxygens (including phenoxy) is 1. The van der Waals surface area contributed by atoms with Crippen molar-refractivity contribution in [3.05, 3.63) is 53.6 Å². The van der Waals surface area contributed by atoms with Crippen LogP contribution in [0.5, 0.6) is 0 Å². The van der Waals surface area contributed by atoms with Crippen LogP contribution in [0.15, 0.2) is 53.0 Å². The fourth-order valence-electron chi connectivity index (χ4n) is 7.91. The Bertz CT molecular complexity index is 1390. The first-order chi connectivity index (χ1) is 17.7. The summed E-state index contributed by atoms with van der Waals surface area (Å²) in [5.74, 6) is -1.83. The molecule has 0 saturated heterocycles. The Hall–Kier alpha value is -1.66. The van der Waals surface area contributed by atoms with Crippen LogP contribution in [0.25, 0.3) is 0 Å². The number of ketones is 2. The van der Waals surface area contributed by atoms with Crippen molar-refractivity contribution in [2.24, 2.45) is 28.6 Å². The molecule has 0 amide bonds. The summed E-state index contributed by atoms with van der Waals surface area (Å²) in [6.07, 6.45) is 6.71. The van der Waals surface area contributed by atoms with E-state index in [1.165, 1.54) is 12.1 Å². The number of aliphatic hydroxyl groups is 2. The van der Waals surface area contributed by atoms with Gasteiger partial charge in [0.1, 0.15) is 5.60 Å². The number of hydrogen-bond donors (Lipinski definition) is 3. The summed E-state index contributed by atoms with van der Waals surface area (Å²) < 4.78 is 37.1. The van der Waals surface area contributed by atoms with Crippen molar-refractivity contribution in [2.75, 3.05) is 6.61 Å². The summed E-state index contributed by atoms with van der Waals surface area (Å²) in [6, 6.07) is 4.62. The number of rotatable bonds is 5. The molecule has 0 aliphatic heterocycles. The predicted molar refractivity (Wildman–Crippen MR) is 136 cm³/mol. The maximum absolute atomic E-state index is 13.4. The molecule has 5 rings (SSSR count). The standard InChI is InChI=1S/C28H32O9S.Na.H/c1-26-10-8-18(29)13-17(26)6-7-20-21-9-11-28(33,27(21,2)14-22(30)24(20)26)23(31)15-37-25(32)16-4-3-5-19(12-16)38(34,35)36;;/h3-5,8,10,12-13,20-22,24,30,33H,6-7,9,11,14-15H2,1-2H3,(H,34,35,36);;/q;+1;-1/t20-,21-,22-,24+,26-,27-,28-;;/m0../s1. The number of fused-ring (bicyclic) bond motifs is 5. The van der Waals surface area contributed by atoms with E-state index in [4.69, 9.17) is 4.74 Å². The zero-order chi connectivity index (χ0) is 27.7. The Morgan fingerprint density at radius 2 is 1.92 bits per heavy atom. The van der Waals surface area contributed by atoms with Gasteiger partial charge in [-0.1, -0.05) is 31.6 Å². The number of hydrogen-bond acceptors (Lipinski definition) is 8. The molecule has 39 heavy (non-hydrogen) atoms. The molecule has 3 fully saturated rings. The van der Waals surface area contributed by atoms with E-state index in [-0.39, 0.29) is 72.9 Å². The van der Waals surface area contributed by atoms with Gasteiger partial charge < -0.3 is 16.4 Å². The molecule has 3 N–H and O–H groups in total. The van der Waals surface area contributed by atoms with Gasteiger partial charge in [-0.25, -0.2) is 4.79 Å².